The van der Waals surface area contributed by atoms with Gasteiger partial charge in [-0.15, -0.1) is 11.3 Å². The Bertz CT molecular complexity index is 1040. The van der Waals surface area contributed by atoms with Crippen molar-refractivity contribution in [3.63, 3.8) is 0 Å². The lowest BCUT2D eigenvalue weighted by Gasteiger charge is -2.24. The van der Waals surface area contributed by atoms with Gasteiger partial charge in [0.25, 0.3) is 10.0 Å². The van der Waals surface area contributed by atoms with E-state index in [1.165, 1.54) is 17.6 Å². The van der Waals surface area contributed by atoms with Crippen molar-refractivity contribution in [3.8, 4) is 5.69 Å². The highest BCUT2D eigenvalue weighted by atomic mass is 32.2. The SMILES string of the molecule is CC(=O)NCc1ccc(S(=O)(=O)N(C)[C@H](C)c2ccc(-n3cncn3)cc2)s1. The van der Waals surface area contributed by atoms with Gasteiger partial charge in [0.05, 0.1) is 12.2 Å². The van der Waals surface area contributed by atoms with Gasteiger partial charge in [-0.3, -0.25) is 4.79 Å². The van der Waals surface area contributed by atoms with Crippen LogP contribution in [0.1, 0.15) is 30.3 Å². The van der Waals surface area contributed by atoms with E-state index >= 15 is 0 Å². The maximum Gasteiger partial charge on any atom is 0.252 e. The van der Waals surface area contributed by atoms with Crippen molar-refractivity contribution in [1.82, 2.24) is 24.4 Å². The number of hydrogen-bond donors (Lipinski definition) is 1. The van der Waals surface area contributed by atoms with E-state index in [1.807, 2.05) is 31.2 Å². The maximum absolute atomic E-state index is 13.0. The largest absolute Gasteiger partial charge is 0.351 e. The van der Waals surface area contributed by atoms with Gasteiger partial charge in [0.1, 0.15) is 16.9 Å². The molecule has 0 spiro atoms. The molecule has 28 heavy (non-hydrogen) atoms. The van der Waals surface area contributed by atoms with Crippen molar-refractivity contribution >= 4 is 27.3 Å². The number of rotatable bonds is 7. The number of nitrogens with zero attached hydrogens (tertiary/aromatic N) is 4. The summed E-state index contributed by atoms with van der Waals surface area (Å²) < 4.78 is 29.2. The number of nitrogens with one attached hydrogen (secondary N) is 1. The van der Waals surface area contributed by atoms with Gasteiger partial charge < -0.3 is 5.32 Å². The topological polar surface area (TPSA) is 97.2 Å². The van der Waals surface area contributed by atoms with Crippen LogP contribution in [0.25, 0.3) is 5.69 Å². The van der Waals surface area contributed by atoms with Crippen LogP contribution in [0.15, 0.2) is 53.3 Å². The molecule has 0 saturated carbocycles. The predicted molar refractivity (Wildman–Crippen MR) is 107 cm³/mol. The van der Waals surface area contributed by atoms with Crippen molar-refractivity contribution in [2.75, 3.05) is 7.05 Å². The first-order chi connectivity index (χ1) is 13.3. The Hall–Kier alpha value is -2.56. The molecule has 0 radical (unpaired) electrons. The number of carbonyl (C=O) groups excluding carboxylic acids is 1. The number of thiophene rings is 1. The van der Waals surface area contributed by atoms with Crippen molar-refractivity contribution in [3.05, 3.63) is 59.5 Å². The van der Waals surface area contributed by atoms with Crippen molar-refractivity contribution in [2.45, 2.75) is 30.6 Å². The lowest BCUT2D eigenvalue weighted by Crippen LogP contribution is -2.29. The molecule has 3 aromatic rings. The third kappa shape index (κ3) is 4.29. The van der Waals surface area contributed by atoms with E-state index in [0.29, 0.717) is 6.54 Å². The van der Waals surface area contributed by atoms with Gasteiger partial charge in [-0.25, -0.2) is 18.1 Å². The first-order valence-electron chi connectivity index (χ1n) is 8.55. The van der Waals surface area contributed by atoms with Gasteiger partial charge in [0.15, 0.2) is 0 Å². The molecule has 1 N–H and O–H groups in total. The van der Waals surface area contributed by atoms with E-state index < -0.39 is 10.0 Å². The lowest BCUT2D eigenvalue weighted by molar-refractivity contribution is -0.119. The summed E-state index contributed by atoms with van der Waals surface area (Å²) in [4.78, 5) is 15.7. The van der Waals surface area contributed by atoms with Crippen LogP contribution in [0, 0.1) is 0 Å². The molecular formula is C18H21N5O3S2. The van der Waals surface area contributed by atoms with Crippen LogP contribution in [0.3, 0.4) is 0 Å². The summed E-state index contributed by atoms with van der Waals surface area (Å²) in [5, 5.41) is 6.75. The molecule has 0 aliphatic rings. The van der Waals surface area contributed by atoms with Gasteiger partial charge in [-0.1, -0.05) is 12.1 Å². The highest BCUT2D eigenvalue weighted by Crippen LogP contribution is 2.30. The second kappa shape index (κ2) is 8.21. The number of aromatic nitrogens is 3. The molecule has 10 heteroatoms. The third-order valence-corrected chi connectivity index (χ3v) is 7.87. The molecule has 0 aliphatic carbocycles. The fraction of sp³-hybridized carbons (Fsp3) is 0.278. The lowest BCUT2D eigenvalue weighted by atomic mass is 10.1. The fourth-order valence-corrected chi connectivity index (χ4v) is 5.44. The van der Waals surface area contributed by atoms with E-state index in [2.05, 4.69) is 15.4 Å². The zero-order valence-electron chi connectivity index (χ0n) is 15.7. The molecule has 3 rings (SSSR count). The Morgan fingerprint density at radius 1 is 1.25 bits per heavy atom. The van der Waals surface area contributed by atoms with Crippen LogP contribution >= 0.6 is 11.3 Å². The Balaban J connectivity index is 1.76. The Labute approximate surface area is 167 Å². The zero-order valence-corrected chi connectivity index (χ0v) is 17.4. The van der Waals surface area contributed by atoms with Crippen LogP contribution < -0.4 is 5.32 Å². The second-order valence-corrected chi connectivity index (χ2v) is 9.65. The summed E-state index contributed by atoms with van der Waals surface area (Å²) in [5.74, 6) is -0.155. The minimum absolute atomic E-state index is 0.155. The van der Waals surface area contributed by atoms with Crippen LogP contribution in [0.4, 0.5) is 0 Å². The average Bonchev–Trinajstić information content (AvgIpc) is 3.37. The van der Waals surface area contributed by atoms with Crippen molar-refractivity contribution in [2.24, 2.45) is 0 Å². The molecule has 0 saturated heterocycles. The molecule has 2 aromatic heterocycles. The van der Waals surface area contributed by atoms with Gasteiger partial charge in [0, 0.05) is 24.9 Å². The molecule has 0 fully saturated rings. The van der Waals surface area contributed by atoms with E-state index in [9.17, 15) is 13.2 Å². The predicted octanol–water partition coefficient (Wildman–Crippen LogP) is 2.35. The van der Waals surface area contributed by atoms with Gasteiger partial charge >= 0.3 is 0 Å². The quantitative estimate of drug-likeness (QED) is 0.634. The van der Waals surface area contributed by atoms with Gasteiger partial charge in [0.2, 0.25) is 5.91 Å². The summed E-state index contributed by atoms with van der Waals surface area (Å²) >= 11 is 1.16. The summed E-state index contributed by atoms with van der Waals surface area (Å²) in [6.07, 6.45) is 3.06. The van der Waals surface area contributed by atoms with Crippen LogP contribution in [-0.2, 0) is 21.4 Å². The third-order valence-electron chi connectivity index (χ3n) is 4.39. The molecule has 8 nitrogen and oxygen atoms in total. The second-order valence-electron chi connectivity index (χ2n) is 6.26. The highest BCUT2D eigenvalue weighted by Gasteiger charge is 2.27. The van der Waals surface area contributed by atoms with E-state index in [-0.39, 0.29) is 16.2 Å². The number of amides is 1. The molecule has 0 bridgehead atoms. The Morgan fingerprint density at radius 2 is 1.96 bits per heavy atom. The number of hydrogen-bond acceptors (Lipinski definition) is 6. The molecule has 0 aliphatic heterocycles. The zero-order chi connectivity index (χ0) is 20.3. The highest BCUT2D eigenvalue weighted by molar-refractivity contribution is 7.91. The van der Waals surface area contributed by atoms with Gasteiger partial charge in [-0.2, -0.15) is 9.40 Å². The van der Waals surface area contributed by atoms with Gasteiger partial charge in [-0.05, 0) is 36.8 Å². The van der Waals surface area contributed by atoms with E-state index in [0.717, 1.165) is 27.5 Å². The van der Waals surface area contributed by atoms with E-state index in [1.54, 1.807) is 30.2 Å². The smallest absolute Gasteiger partial charge is 0.252 e. The number of benzene rings is 1. The van der Waals surface area contributed by atoms with Crippen LogP contribution in [0.2, 0.25) is 0 Å². The standard InChI is InChI=1S/C18H21N5O3S2/c1-13(15-4-6-16(7-5-15)23-12-19-11-21-23)22(3)28(25,26)18-9-8-17(27-18)10-20-14(2)24/h4-9,11-13H,10H2,1-3H3,(H,20,24)/t13-/m1/s1. The molecule has 1 amide bonds. The Kier molecular flexibility index (Phi) is 5.92. The summed E-state index contributed by atoms with van der Waals surface area (Å²) in [6.45, 7) is 3.58. The van der Waals surface area contributed by atoms with Crippen LogP contribution in [-0.4, -0.2) is 40.4 Å². The monoisotopic (exact) mass is 419 g/mol. The molecular weight excluding hydrogens is 398 g/mol. The van der Waals surface area contributed by atoms with Crippen molar-refractivity contribution in [1.29, 1.82) is 0 Å². The van der Waals surface area contributed by atoms with Crippen molar-refractivity contribution < 1.29 is 13.2 Å². The average molecular weight is 420 g/mol. The summed E-state index contributed by atoms with van der Waals surface area (Å²) in [6, 6.07) is 10.5. The molecule has 2 heterocycles. The normalized spacial score (nSPS) is 12.9. The minimum atomic E-state index is -3.65. The number of sulfonamides is 1. The maximum atomic E-state index is 13.0. The van der Waals surface area contributed by atoms with E-state index in [4.69, 9.17) is 0 Å². The molecule has 1 aromatic carbocycles. The Morgan fingerprint density at radius 3 is 2.57 bits per heavy atom. The molecule has 148 valence electrons. The van der Waals surface area contributed by atoms with Crippen LogP contribution in [0.5, 0.6) is 0 Å². The first-order valence-corrected chi connectivity index (χ1v) is 10.8. The summed E-state index contributed by atoms with van der Waals surface area (Å²) in [7, 11) is -2.08. The summed E-state index contributed by atoms with van der Waals surface area (Å²) in [5.41, 5.74) is 1.71. The fourth-order valence-electron chi connectivity index (χ4n) is 2.61. The number of carbonyl (C=O) groups is 1. The first kappa shape index (κ1) is 20.2. The molecule has 0 unspecified atom stereocenters. The minimum Gasteiger partial charge on any atom is -0.351 e. The molecule has 1 atom stereocenters.